The molecule has 4 heterocycles. The number of amides is 1. The van der Waals surface area contributed by atoms with E-state index in [9.17, 15) is 4.79 Å². The Kier molecular flexibility index (Phi) is 4.57. The second-order valence-corrected chi connectivity index (χ2v) is 7.21. The number of hydrogen-bond donors (Lipinski definition) is 2. The Labute approximate surface area is 147 Å². The van der Waals surface area contributed by atoms with E-state index >= 15 is 0 Å². The van der Waals surface area contributed by atoms with Gasteiger partial charge in [-0.05, 0) is 51.1 Å². The number of anilines is 1. The minimum absolute atomic E-state index is 0.00452. The number of piperidine rings is 1. The molecule has 0 aliphatic carbocycles. The van der Waals surface area contributed by atoms with E-state index in [2.05, 4.69) is 31.7 Å². The molecule has 7 heteroatoms. The first-order chi connectivity index (χ1) is 12.2. The third-order valence-electron chi connectivity index (χ3n) is 5.25. The molecule has 2 atom stereocenters. The Balaban J connectivity index is 1.41. The number of carbonyl (C=O) groups excluding carboxylic acids is 1. The van der Waals surface area contributed by atoms with Crippen LogP contribution in [0.15, 0.2) is 18.5 Å². The molecule has 2 aromatic heterocycles. The number of carbonyl (C=O) groups is 1. The Bertz CT molecular complexity index is 751. The number of hydrogen-bond acceptors (Lipinski definition) is 5. The summed E-state index contributed by atoms with van der Waals surface area (Å²) in [5.74, 6) is 1.61. The monoisotopic (exact) mass is 342 g/mol. The molecular formula is C18H26N6O. The topological polar surface area (TPSA) is 74.6 Å². The van der Waals surface area contributed by atoms with Crippen molar-refractivity contribution in [1.29, 1.82) is 0 Å². The zero-order valence-electron chi connectivity index (χ0n) is 14.7. The van der Waals surface area contributed by atoms with E-state index < -0.39 is 0 Å². The molecule has 134 valence electrons. The number of rotatable bonds is 4. The van der Waals surface area contributed by atoms with Crippen molar-refractivity contribution >= 4 is 17.2 Å². The Morgan fingerprint density at radius 2 is 2.32 bits per heavy atom. The molecule has 2 N–H and O–H groups in total. The fraction of sp³-hybridized carbons (Fsp3) is 0.611. The van der Waals surface area contributed by atoms with Crippen molar-refractivity contribution < 1.29 is 4.79 Å². The van der Waals surface area contributed by atoms with Gasteiger partial charge in [0.05, 0.1) is 11.7 Å². The quantitative estimate of drug-likeness (QED) is 0.871. The summed E-state index contributed by atoms with van der Waals surface area (Å²) in [7, 11) is 0. The Morgan fingerprint density at radius 3 is 3.16 bits per heavy atom. The highest BCUT2D eigenvalue weighted by Crippen LogP contribution is 2.25. The molecule has 25 heavy (non-hydrogen) atoms. The third-order valence-corrected chi connectivity index (χ3v) is 5.25. The van der Waals surface area contributed by atoms with Crippen molar-refractivity contribution in [2.45, 2.75) is 38.6 Å². The zero-order chi connectivity index (χ0) is 17.2. The smallest absolute Gasteiger partial charge is 0.237 e. The maximum Gasteiger partial charge on any atom is 0.237 e. The number of fused-ring (bicyclic) bond motifs is 1. The second kappa shape index (κ2) is 7.00. The van der Waals surface area contributed by atoms with Gasteiger partial charge in [0.1, 0.15) is 5.52 Å². The largest absolute Gasteiger partial charge is 0.354 e. The zero-order valence-corrected chi connectivity index (χ0v) is 14.7. The van der Waals surface area contributed by atoms with Crippen molar-refractivity contribution in [3.8, 4) is 0 Å². The minimum atomic E-state index is 0.00452. The van der Waals surface area contributed by atoms with Crippen LogP contribution in [-0.4, -0.2) is 52.7 Å². The van der Waals surface area contributed by atoms with Gasteiger partial charge in [-0.2, -0.15) is 5.10 Å². The van der Waals surface area contributed by atoms with Gasteiger partial charge in [0, 0.05) is 32.0 Å². The Morgan fingerprint density at radius 1 is 1.40 bits per heavy atom. The highest BCUT2D eigenvalue weighted by molar-refractivity contribution is 5.82. The van der Waals surface area contributed by atoms with E-state index in [-0.39, 0.29) is 11.9 Å². The normalized spacial score (nSPS) is 24.0. The van der Waals surface area contributed by atoms with Gasteiger partial charge in [0.15, 0.2) is 5.82 Å². The first-order valence-corrected chi connectivity index (χ1v) is 9.28. The van der Waals surface area contributed by atoms with E-state index in [1.165, 1.54) is 0 Å². The summed E-state index contributed by atoms with van der Waals surface area (Å²) in [6.45, 7) is 5.63. The van der Waals surface area contributed by atoms with Crippen LogP contribution in [0.3, 0.4) is 0 Å². The summed E-state index contributed by atoms with van der Waals surface area (Å²) in [6.07, 6.45) is 8.02. The average Bonchev–Trinajstić information content (AvgIpc) is 3.28. The average molecular weight is 342 g/mol. The van der Waals surface area contributed by atoms with E-state index in [1.54, 1.807) is 0 Å². The molecule has 2 fully saturated rings. The van der Waals surface area contributed by atoms with Crippen LogP contribution in [0.4, 0.5) is 5.82 Å². The van der Waals surface area contributed by atoms with Gasteiger partial charge >= 0.3 is 0 Å². The standard InChI is InChI=1S/C18H26N6O/c1-13-10-16-17(20-7-9-24(16)22-13)23-8-3-4-14(12-23)11-21-18(25)15-5-2-6-19-15/h7,9-10,14-15,19H,2-6,8,11-12H2,1H3,(H,21,25). The van der Waals surface area contributed by atoms with Crippen molar-refractivity contribution in [2.24, 2.45) is 5.92 Å². The second-order valence-electron chi connectivity index (χ2n) is 7.21. The van der Waals surface area contributed by atoms with Gasteiger partial charge in [0.2, 0.25) is 5.91 Å². The van der Waals surface area contributed by atoms with Crippen LogP contribution in [-0.2, 0) is 4.79 Å². The fourth-order valence-electron chi connectivity index (χ4n) is 3.97. The highest BCUT2D eigenvalue weighted by atomic mass is 16.2. The molecule has 2 aromatic rings. The molecule has 2 saturated heterocycles. The number of aromatic nitrogens is 3. The van der Waals surface area contributed by atoms with Crippen LogP contribution in [0.25, 0.3) is 5.52 Å². The third kappa shape index (κ3) is 3.46. The van der Waals surface area contributed by atoms with Crippen molar-refractivity contribution in [1.82, 2.24) is 25.2 Å². The molecule has 0 aromatic carbocycles. The Hall–Kier alpha value is -2.15. The predicted octanol–water partition coefficient (Wildman–Crippen LogP) is 1.12. The number of nitrogens with one attached hydrogen (secondary N) is 2. The van der Waals surface area contributed by atoms with Crippen molar-refractivity contribution in [2.75, 3.05) is 31.1 Å². The maximum absolute atomic E-state index is 12.2. The maximum atomic E-state index is 12.2. The lowest BCUT2D eigenvalue weighted by Gasteiger charge is -2.34. The van der Waals surface area contributed by atoms with Gasteiger partial charge in [-0.3, -0.25) is 4.79 Å². The van der Waals surface area contributed by atoms with Crippen LogP contribution in [0.5, 0.6) is 0 Å². The van der Waals surface area contributed by atoms with Gasteiger partial charge in [-0.1, -0.05) is 0 Å². The van der Waals surface area contributed by atoms with Gasteiger partial charge in [-0.25, -0.2) is 9.50 Å². The molecule has 2 aliphatic rings. The molecule has 4 rings (SSSR count). The minimum Gasteiger partial charge on any atom is -0.354 e. The molecule has 0 radical (unpaired) electrons. The lowest BCUT2D eigenvalue weighted by molar-refractivity contribution is -0.122. The van der Waals surface area contributed by atoms with Gasteiger partial charge < -0.3 is 15.5 Å². The fourth-order valence-corrected chi connectivity index (χ4v) is 3.97. The first kappa shape index (κ1) is 16.3. The summed E-state index contributed by atoms with van der Waals surface area (Å²) >= 11 is 0. The van der Waals surface area contributed by atoms with Crippen molar-refractivity contribution in [3.05, 3.63) is 24.2 Å². The first-order valence-electron chi connectivity index (χ1n) is 9.28. The predicted molar refractivity (Wildman–Crippen MR) is 96.7 cm³/mol. The number of aryl methyl sites for hydroxylation is 1. The summed E-state index contributed by atoms with van der Waals surface area (Å²) in [4.78, 5) is 19.1. The van der Waals surface area contributed by atoms with Crippen LogP contribution >= 0.6 is 0 Å². The highest BCUT2D eigenvalue weighted by Gasteiger charge is 2.26. The summed E-state index contributed by atoms with van der Waals surface area (Å²) in [6, 6.07) is 2.09. The molecule has 7 nitrogen and oxygen atoms in total. The van der Waals surface area contributed by atoms with Crippen molar-refractivity contribution in [3.63, 3.8) is 0 Å². The SMILES string of the molecule is Cc1cc2c(N3CCCC(CNC(=O)C4CCCN4)C3)nccn2n1. The van der Waals surface area contributed by atoms with Gasteiger partial charge in [-0.15, -0.1) is 0 Å². The van der Waals surface area contributed by atoms with E-state index in [4.69, 9.17) is 0 Å². The molecule has 1 amide bonds. The lowest BCUT2D eigenvalue weighted by atomic mass is 9.97. The summed E-state index contributed by atoms with van der Waals surface area (Å²) in [5.41, 5.74) is 2.05. The number of nitrogens with zero attached hydrogens (tertiary/aromatic N) is 4. The van der Waals surface area contributed by atoms with Crippen LogP contribution in [0, 0.1) is 12.8 Å². The molecule has 2 unspecified atom stereocenters. The molecule has 0 saturated carbocycles. The molecular weight excluding hydrogens is 316 g/mol. The molecule has 0 spiro atoms. The molecule has 2 aliphatic heterocycles. The van der Waals surface area contributed by atoms with E-state index in [1.807, 2.05) is 23.8 Å². The van der Waals surface area contributed by atoms with E-state index in [0.29, 0.717) is 5.92 Å². The summed E-state index contributed by atoms with van der Waals surface area (Å²) < 4.78 is 1.90. The molecule has 0 bridgehead atoms. The van der Waals surface area contributed by atoms with Crippen LogP contribution in [0.1, 0.15) is 31.4 Å². The van der Waals surface area contributed by atoms with Crippen LogP contribution in [0.2, 0.25) is 0 Å². The van der Waals surface area contributed by atoms with Gasteiger partial charge in [0.25, 0.3) is 0 Å². The lowest BCUT2D eigenvalue weighted by Crippen LogP contribution is -2.45. The van der Waals surface area contributed by atoms with Crippen LogP contribution < -0.4 is 15.5 Å². The van der Waals surface area contributed by atoms with E-state index in [0.717, 1.165) is 68.9 Å². The summed E-state index contributed by atoms with van der Waals surface area (Å²) in [5, 5.41) is 10.9.